The number of carboxylic acids is 1. The van der Waals surface area contributed by atoms with E-state index in [0.29, 0.717) is 6.42 Å². The maximum Gasteiger partial charge on any atom is 0.342 e. The number of nitro groups is 1. The number of benzene rings is 1. The monoisotopic (exact) mass is 307 g/mol. The molecule has 0 aliphatic heterocycles. The molecule has 0 bridgehead atoms. The summed E-state index contributed by atoms with van der Waals surface area (Å²) in [6, 6.07) is 4.00. The van der Waals surface area contributed by atoms with E-state index in [4.69, 9.17) is 5.11 Å². The van der Waals surface area contributed by atoms with E-state index in [-0.39, 0.29) is 17.3 Å². The van der Waals surface area contributed by atoms with E-state index in [9.17, 15) is 14.9 Å². The summed E-state index contributed by atoms with van der Waals surface area (Å²) >= 11 is 1.44. The molecule has 0 amide bonds. The van der Waals surface area contributed by atoms with Gasteiger partial charge in [-0.25, -0.2) is 9.78 Å². The summed E-state index contributed by atoms with van der Waals surface area (Å²) in [5.41, 5.74) is -0.582. The third kappa shape index (κ3) is 3.16. The zero-order valence-corrected chi connectivity index (χ0v) is 12.0. The van der Waals surface area contributed by atoms with E-state index in [2.05, 4.69) is 10.3 Å². The van der Waals surface area contributed by atoms with E-state index in [0.717, 1.165) is 5.01 Å². The van der Waals surface area contributed by atoms with Crippen LogP contribution in [0.25, 0.3) is 0 Å². The third-order valence-electron chi connectivity index (χ3n) is 2.94. The van der Waals surface area contributed by atoms with Gasteiger partial charge in [0.1, 0.15) is 16.3 Å². The Labute approximate surface area is 124 Å². The number of anilines is 1. The maximum atomic E-state index is 11.2. The number of thiazole rings is 1. The minimum Gasteiger partial charge on any atom is -0.477 e. The van der Waals surface area contributed by atoms with Gasteiger partial charge in [0, 0.05) is 11.6 Å². The minimum absolute atomic E-state index is 0.182. The number of carbonyl (C=O) groups is 1. The van der Waals surface area contributed by atoms with Gasteiger partial charge in [-0.2, -0.15) is 0 Å². The molecule has 1 aromatic carbocycles. The number of rotatable bonds is 6. The van der Waals surface area contributed by atoms with Crippen LogP contribution >= 0.6 is 11.3 Å². The number of aromatic nitrogens is 1. The Hall–Kier alpha value is -2.48. The molecule has 0 saturated carbocycles. The first-order valence-corrected chi connectivity index (χ1v) is 7.09. The van der Waals surface area contributed by atoms with Crippen LogP contribution in [0.4, 0.5) is 11.4 Å². The van der Waals surface area contributed by atoms with Crippen molar-refractivity contribution in [3.8, 4) is 0 Å². The molecule has 0 aliphatic rings. The number of hydrogen-bond acceptors (Lipinski definition) is 6. The van der Waals surface area contributed by atoms with Crippen molar-refractivity contribution in [3.05, 3.63) is 50.5 Å². The fraction of sp³-hybridized carbons (Fsp3) is 0.231. The Bertz CT molecular complexity index is 657. The van der Waals surface area contributed by atoms with Gasteiger partial charge in [-0.05, 0) is 18.6 Å². The first-order chi connectivity index (χ1) is 10.0. The number of nitrogens with zero attached hydrogens (tertiary/aromatic N) is 2. The molecule has 0 radical (unpaired) electrons. The van der Waals surface area contributed by atoms with Crippen molar-refractivity contribution in [1.29, 1.82) is 0 Å². The van der Waals surface area contributed by atoms with Crippen molar-refractivity contribution >= 4 is 28.7 Å². The quantitative estimate of drug-likeness (QED) is 0.626. The highest BCUT2D eigenvalue weighted by molar-refractivity contribution is 7.09. The van der Waals surface area contributed by atoms with Gasteiger partial charge < -0.3 is 10.4 Å². The van der Waals surface area contributed by atoms with Gasteiger partial charge in [0.25, 0.3) is 0 Å². The Balaban J connectivity index is 2.42. The SMILES string of the molecule is CCC(Nc1cccc(C(=O)O)c1[N+](=O)[O-])c1nccs1. The fourth-order valence-electron chi connectivity index (χ4n) is 1.96. The highest BCUT2D eigenvalue weighted by atomic mass is 32.1. The molecule has 110 valence electrons. The highest BCUT2D eigenvalue weighted by Gasteiger charge is 2.26. The topological polar surface area (TPSA) is 105 Å². The lowest BCUT2D eigenvalue weighted by molar-refractivity contribution is -0.384. The van der Waals surface area contributed by atoms with Crippen LogP contribution in [-0.4, -0.2) is 21.0 Å². The predicted octanol–water partition coefficient (Wildman–Crippen LogP) is 3.31. The Morgan fingerprint density at radius 2 is 2.33 bits per heavy atom. The average Bonchev–Trinajstić information content (AvgIpc) is 2.98. The summed E-state index contributed by atoms with van der Waals surface area (Å²) in [6.07, 6.45) is 2.33. The molecule has 7 nitrogen and oxygen atoms in total. The third-order valence-corrected chi connectivity index (χ3v) is 3.83. The van der Waals surface area contributed by atoms with Crippen molar-refractivity contribution in [2.24, 2.45) is 0 Å². The lowest BCUT2D eigenvalue weighted by Crippen LogP contribution is -2.12. The Morgan fingerprint density at radius 3 is 2.86 bits per heavy atom. The Kier molecular flexibility index (Phi) is 4.49. The van der Waals surface area contributed by atoms with Crippen molar-refractivity contribution in [2.75, 3.05) is 5.32 Å². The van der Waals surface area contributed by atoms with Crippen LogP contribution in [0.5, 0.6) is 0 Å². The summed E-state index contributed by atoms with van der Waals surface area (Å²) in [4.78, 5) is 25.8. The number of carboxylic acid groups (broad SMARTS) is 1. The van der Waals surface area contributed by atoms with E-state index in [1.807, 2.05) is 12.3 Å². The zero-order chi connectivity index (χ0) is 15.4. The second-order valence-electron chi connectivity index (χ2n) is 4.24. The molecule has 0 aliphatic carbocycles. The van der Waals surface area contributed by atoms with E-state index < -0.39 is 16.6 Å². The summed E-state index contributed by atoms with van der Waals surface area (Å²) in [5, 5.41) is 25.9. The molecule has 8 heteroatoms. The van der Waals surface area contributed by atoms with E-state index in [1.54, 1.807) is 6.20 Å². The first-order valence-electron chi connectivity index (χ1n) is 6.21. The molecule has 0 saturated heterocycles. The van der Waals surface area contributed by atoms with Crippen LogP contribution < -0.4 is 5.32 Å². The maximum absolute atomic E-state index is 11.2. The number of aromatic carboxylic acids is 1. The smallest absolute Gasteiger partial charge is 0.342 e. The molecule has 1 aromatic heterocycles. The minimum atomic E-state index is -1.33. The van der Waals surface area contributed by atoms with Gasteiger partial charge in [0.2, 0.25) is 0 Å². The molecular weight excluding hydrogens is 294 g/mol. The molecular formula is C13H13N3O4S. The molecule has 2 rings (SSSR count). The van der Waals surface area contributed by atoms with Crippen molar-refractivity contribution in [2.45, 2.75) is 19.4 Å². The number of hydrogen-bond donors (Lipinski definition) is 2. The molecule has 0 fully saturated rings. The number of para-hydroxylation sites is 1. The van der Waals surface area contributed by atoms with Crippen molar-refractivity contribution < 1.29 is 14.8 Å². The number of nitro benzene ring substituents is 1. The van der Waals surface area contributed by atoms with Crippen LogP contribution in [0.15, 0.2) is 29.8 Å². The molecule has 2 aromatic rings. The summed E-state index contributed by atoms with van der Waals surface area (Å²) in [5.74, 6) is -1.33. The zero-order valence-electron chi connectivity index (χ0n) is 11.1. The summed E-state index contributed by atoms with van der Waals surface area (Å²) in [6.45, 7) is 1.92. The van der Waals surface area contributed by atoms with Gasteiger partial charge >= 0.3 is 11.7 Å². The largest absolute Gasteiger partial charge is 0.477 e. The summed E-state index contributed by atoms with van der Waals surface area (Å²) in [7, 11) is 0. The van der Waals surface area contributed by atoms with Crippen LogP contribution in [-0.2, 0) is 0 Å². The average molecular weight is 307 g/mol. The van der Waals surface area contributed by atoms with Crippen LogP contribution in [0.3, 0.4) is 0 Å². The van der Waals surface area contributed by atoms with Gasteiger partial charge in [-0.3, -0.25) is 10.1 Å². The molecule has 1 unspecified atom stereocenters. The van der Waals surface area contributed by atoms with E-state index in [1.165, 1.54) is 29.5 Å². The van der Waals surface area contributed by atoms with Crippen LogP contribution in [0.2, 0.25) is 0 Å². The molecule has 21 heavy (non-hydrogen) atoms. The second kappa shape index (κ2) is 6.31. The van der Waals surface area contributed by atoms with Gasteiger partial charge in [-0.15, -0.1) is 11.3 Å². The lowest BCUT2D eigenvalue weighted by Gasteiger charge is -2.16. The molecule has 0 spiro atoms. The van der Waals surface area contributed by atoms with Crippen molar-refractivity contribution in [1.82, 2.24) is 4.98 Å². The summed E-state index contributed by atoms with van der Waals surface area (Å²) < 4.78 is 0. The molecule has 1 atom stereocenters. The van der Waals surface area contributed by atoms with Crippen LogP contribution in [0.1, 0.15) is 34.8 Å². The standard InChI is InChI=1S/C13H13N3O4S/c1-2-9(12-14-6-7-21-12)15-10-5-3-4-8(13(17)18)11(10)16(19)20/h3-7,9,15H,2H2,1H3,(H,17,18). The lowest BCUT2D eigenvalue weighted by atomic mass is 10.1. The van der Waals surface area contributed by atoms with E-state index >= 15 is 0 Å². The highest BCUT2D eigenvalue weighted by Crippen LogP contribution is 2.33. The van der Waals surface area contributed by atoms with Gasteiger partial charge in [-0.1, -0.05) is 13.0 Å². The van der Waals surface area contributed by atoms with Gasteiger partial charge in [0.15, 0.2) is 0 Å². The number of nitrogens with one attached hydrogen (secondary N) is 1. The second-order valence-corrected chi connectivity index (χ2v) is 5.17. The Morgan fingerprint density at radius 1 is 1.57 bits per heavy atom. The van der Waals surface area contributed by atoms with Crippen molar-refractivity contribution in [3.63, 3.8) is 0 Å². The fourth-order valence-corrected chi connectivity index (χ4v) is 2.73. The van der Waals surface area contributed by atoms with Crippen LogP contribution in [0, 0.1) is 10.1 Å². The molecule has 1 heterocycles. The van der Waals surface area contributed by atoms with Gasteiger partial charge in [0.05, 0.1) is 11.0 Å². The first kappa shape index (κ1) is 14.9. The normalized spacial score (nSPS) is 11.9. The predicted molar refractivity (Wildman–Crippen MR) is 78.8 cm³/mol. The molecule has 2 N–H and O–H groups in total.